The molecule has 0 aliphatic rings. The number of aromatic nitrogens is 1. The van der Waals surface area contributed by atoms with Crippen LogP contribution in [-0.2, 0) is 22.5 Å². The number of benzene rings is 2. The van der Waals surface area contributed by atoms with Gasteiger partial charge in [0, 0.05) is 29.8 Å². The number of aromatic amines is 1. The highest BCUT2D eigenvalue weighted by molar-refractivity contribution is 6.09. The Hall–Kier alpha value is -2.92. The third-order valence-corrected chi connectivity index (χ3v) is 4.29. The van der Waals surface area contributed by atoms with E-state index in [0.29, 0.717) is 17.7 Å². The minimum atomic E-state index is -0.523. The Kier molecular flexibility index (Phi) is 5.49. The first-order valence-corrected chi connectivity index (χ1v) is 8.51. The molecule has 1 heterocycles. The Morgan fingerprint density at radius 2 is 1.92 bits per heavy atom. The Bertz CT molecular complexity index is 942. The number of nitrogens with one attached hydrogen (secondary N) is 1. The molecule has 0 fully saturated rings. The Labute approximate surface area is 151 Å². The first-order valence-electron chi connectivity index (χ1n) is 8.51. The SMILES string of the molecule is CCc1cccc2c(C(=O)COC(=O)c3cccc(COC)c3)c[nH]c12. The second kappa shape index (κ2) is 7.97. The van der Waals surface area contributed by atoms with Crippen molar-refractivity contribution in [2.75, 3.05) is 13.7 Å². The van der Waals surface area contributed by atoms with Crippen molar-refractivity contribution in [3.8, 4) is 0 Å². The summed E-state index contributed by atoms with van der Waals surface area (Å²) in [6.07, 6.45) is 2.55. The van der Waals surface area contributed by atoms with Gasteiger partial charge in [-0.3, -0.25) is 4.79 Å². The van der Waals surface area contributed by atoms with E-state index in [1.54, 1.807) is 31.5 Å². The number of esters is 1. The summed E-state index contributed by atoms with van der Waals surface area (Å²) in [5.74, 6) is -0.753. The highest BCUT2D eigenvalue weighted by Crippen LogP contribution is 2.22. The number of ether oxygens (including phenoxy) is 2. The highest BCUT2D eigenvalue weighted by Gasteiger charge is 2.16. The van der Waals surface area contributed by atoms with Crippen LogP contribution in [0.4, 0.5) is 0 Å². The standard InChI is InChI=1S/C21H21NO4/c1-3-15-7-5-9-17-18(11-22-20(15)17)19(23)13-26-21(24)16-8-4-6-14(10-16)12-25-2/h4-11,22H,3,12-13H2,1-2H3. The molecule has 3 rings (SSSR count). The van der Waals surface area contributed by atoms with Crippen LogP contribution in [0.2, 0.25) is 0 Å². The number of hydrogen-bond donors (Lipinski definition) is 1. The van der Waals surface area contributed by atoms with Gasteiger partial charge >= 0.3 is 5.97 Å². The van der Waals surface area contributed by atoms with Gasteiger partial charge in [-0.2, -0.15) is 0 Å². The van der Waals surface area contributed by atoms with Gasteiger partial charge in [-0.15, -0.1) is 0 Å². The number of aryl methyl sites for hydroxylation is 1. The van der Waals surface area contributed by atoms with Gasteiger partial charge in [0.05, 0.1) is 12.2 Å². The van der Waals surface area contributed by atoms with Gasteiger partial charge in [0.15, 0.2) is 6.61 Å². The van der Waals surface area contributed by atoms with Gasteiger partial charge < -0.3 is 14.5 Å². The molecule has 0 amide bonds. The fourth-order valence-electron chi connectivity index (χ4n) is 2.99. The number of carbonyl (C=O) groups excluding carboxylic acids is 2. The summed E-state index contributed by atoms with van der Waals surface area (Å²) in [4.78, 5) is 27.9. The molecule has 0 aliphatic carbocycles. The molecule has 0 aliphatic heterocycles. The van der Waals surface area contributed by atoms with E-state index < -0.39 is 5.97 Å². The molecule has 0 saturated heterocycles. The molecule has 5 heteroatoms. The predicted octanol–water partition coefficient (Wildman–Crippen LogP) is 3.92. The summed E-state index contributed by atoms with van der Waals surface area (Å²) in [5.41, 5.74) is 3.92. The maximum Gasteiger partial charge on any atom is 0.338 e. The number of ketones is 1. The van der Waals surface area contributed by atoms with Crippen LogP contribution in [0.5, 0.6) is 0 Å². The smallest absolute Gasteiger partial charge is 0.338 e. The van der Waals surface area contributed by atoms with E-state index in [1.165, 1.54) is 0 Å². The van der Waals surface area contributed by atoms with E-state index in [9.17, 15) is 9.59 Å². The van der Waals surface area contributed by atoms with Crippen molar-refractivity contribution in [1.29, 1.82) is 0 Å². The van der Waals surface area contributed by atoms with Crippen molar-refractivity contribution in [3.05, 3.63) is 70.9 Å². The van der Waals surface area contributed by atoms with Crippen molar-refractivity contribution >= 4 is 22.7 Å². The molecule has 5 nitrogen and oxygen atoms in total. The molecule has 1 aromatic heterocycles. The lowest BCUT2D eigenvalue weighted by molar-refractivity contribution is 0.0475. The monoisotopic (exact) mass is 351 g/mol. The van der Waals surface area contributed by atoms with E-state index in [0.717, 1.165) is 28.5 Å². The molecule has 1 N–H and O–H groups in total. The average Bonchev–Trinajstić information content (AvgIpc) is 3.10. The van der Waals surface area contributed by atoms with Crippen LogP contribution in [0, 0.1) is 0 Å². The molecule has 134 valence electrons. The van der Waals surface area contributed by atoms with Crippen LogP contribution < -0.4 is 0 Å². The maximum absolute atomic E-state index is 12.5. The third-order valence-electron chi connectivity index (χ3n) is 4.29. The van der Waals surface area contributed by atoms with Crippen molar-refractivity contribution in [2.24, 2.45) is 0 Å². The zero-order valence-corrected chi connectivity index (χ0v) is 14.9. The first-order chi connectivity index (χ1) is 12.6. The molecule has 0 spiro atoms. The van der Waals surface area contributed by atoms with E-state index in [2.05, 4.69) is 11.9 Å². The third kappa shape index (κ3) is 3.68. The summed E-state index contributed by atoms with van der Waals surface area (Å²) >= 11 is 0. The summed E-state index contributed by atoms with van der Waals surface area (Å²) in [6, 6.07) is 12.8. The van der Waals surface area contributed by atoms with Crippen LogP contribution in [-0.4, -0.2) is 30.5 Å². The first kappa shape index (κ1) is 17.9. The minimum Gasteiger partial charge on any atom is -0.454 e. The lowest BCUT2D eigenvalue weighted by atomic mass is 10.1. The maximum atomic E-state index is 12.5. The molecular weight excluding hydrogens is 330 g/mol. The Balaban J connectivity index is 1.71. The molecule has 0 saturated carbocycles. The summed E-state index contributed by atoms with van der Waals surface area (Å²) in [7, 11) is 1.59. The number of methoxy groups -OCH3 is 1. The van der Waals surface area contributed by atoms with Gasteiger partial charge in [0.1, 0.15) is 0 Å². The van der Waals surface area contributed by atoms with E-state index >= 15 is 0 Å². The molecule has 26 heavy (non-hydrogen) atoms. The normalized spacial score (nSPS) is 10.8. The number of fused-ring (bicyclic) bond motifs is 1. The van der Waals surface area contributed by atoms with E-state index in [1.807, 2.05) is 24.3 Å². The zero-order valence-electron chi connectivity index (χ0n) is 14.9. The quantitative estimate of drug-likeness (QED) is 0.517. The summed E-state index contributed by atoms with van der Waals surface area (Å²) in [5, 5.41) is 0.854. The minimum absolute atomic E-state index is 0.231. The van der Waals surface area contributed by atoms with E-state index in [-0.39, 0.29) is 12.4 Å². The van der Waals surface area contributed by atoms with Crippen LogP contribution >= 0.6 is 0 Å². The van der Waals surface area contributed by atoms with Gasteiger partial charge in [-0.05, 0) is 29.7 Å². The molecule has 0 radical (unpaired) electrons. The number of rotatable bonds is 7. The largest absolute Gasteiger partial charge is 0.454 e. The number of Topliss-reactive ketones (excluding diaryl/α,β-unsaturated/α-hetero) is 1. The second-order valence-corrected chi connectivity index (χ2v) is 6.03. The Morgan fingerprint density at radius 1 is 1.12 bits per heavy atom. The fraction of sp³-hybridized carbons (Fsp3) is 0.238. The lowest BCUT2D eigenvalue weighted by Crippen LogP contribution is -2.14. The van der Waals surface area contributed by atoms with Crippen molar-refractivity contribution < 1.29 is 19.1 Å². The Morgan fingerprint density at radius 3 is 2.69 bits per heavy atom. The zero-order chi connectivity index (χ0) is 18.5. The molecule has 0 unspecified atom stereocenters. The van der Waals surface area contributed by atoms with Crippen LogP contribution in [0.15, 0.2) is 48.7 Å². The molecule has 0 atom stereocenters. The van der Waals surface area contributed by atoms with Crippen molar-refractivity contribution in [3.63, 3.8) is 0 Å². The predicted molar refractivity (Wildman–Crippen MR) is 99.4 cm³/mol. The van der Waals surface area contributed by atoms with Crippen LogP contribution in [0.3, 0.4) is 0 Å². The molecule has 3 aromatic rings. The van der Waals surface area contributed by atoms with E-state index in [4.69, 9.17) is 9.47 Å². The average molecular weight is 351 g/mol. The summed E-state index contributed by atoms with van der Waals surface area (Å²) < 4.78 is 10.3. The highest BCUT2D eigenvalue weighted by atomic mass is 16.5. The van der Waals surface area contributed by atoms with Crippen molar-refractivity contribution in [1.82, 2.24) is 4.98 Å². The number of H-pyrrole nitrogens is 1. The molecule has 0 bridgehead atoms. The van der Waals surface area contributed by atoms with Gasteiger partial charge in [-0.1, -0.05) is 37.3 Å². The van der Waals surface area contributed by atoms with Gasteiger partial charge in [0.25, 0.3) is 0 Å². The second-order valence-electron chi connectivity index (χ2n) is 6.03. The number of hydrogen-bond acceptors (Lipinski definition) is 4. The number of carbonyl (C=O) groups is 2. The topological polar surface area (TPSA) is 68.4 Å². The summed E-state index contributed by atoms with van der Waals surface area (Å²) in [6.45, 7) is 2.18. The van der Waals surface area contributed by atoms with Gasteiger partial charge in [-0.25, -0.2) is 4.79 Å². The molecule has 2 aromatic carbocycles. The lowest BCUT2D eigenvalue weighted by Gasteiger charge is -2.06. The van der Waals surface area contributed by atoms with Crippen LogP contribution in [0.1, 0.15) is 38.8 Å². The number of para-hydroxylation sites is 1. The molecular formula is C21H21NO4. The van der Waals surface area contributed by atoms with Crippen molar-refractivity contribution in [2.45, 2.75) is 20.0 Å². The fourth-order valence-corrected chi connectivity index (χ4v) is 2.99. The van der Waals surface area contributed by atoms with Gasteiger partial charge in [0.2, 0.25) is 5.78 Å². The van der Waals surface area contributed by atoms with Crippen LogP contribution in [0.25, 0.3) is 10.9 Å².